The highest BCUT2D eigenvalue weighted by Gasteiger charge is 2.29. The minimum atomic E-state index is -4.15. The second-order valence-electron chi connectivity index (χ2n) is 5.52. The van der Waals surface area contributed by atoms with E-state index in [4.69, 9.17) is 32.7 Å². The Morgan fingerprint density at radius 2 is 1.70 bits per heavy atom. The number of hydrogen-bond acceptors (Lipinski definition) is 6. The fourth-order valence-corrected chi connectivity index (χ4v) is 4.41. The van der Waals surface area contributed by atoms with Gasteiger partial charge in [0, 0.05) is 16.1 Å². The fraction of sp³-hybridized carbons (Fsp3) is 0.235. The number of hydrogen-bond donors (Lipinski definition) is 0. The van der Waals surface area contributed by atoms with E-state index in [1.807, 2.05) is 0 Å². The van der Waals surface area contributed by atoms with Crippen molar-refractivity contribution in [1.29, 1.82) is 0 Å². The van der Waals surface area contributed by atoms with E-state index in [9.17, 15) is 13.2 Å². The number of methoxy groups -OCH3 is 1. The number of sulfonamides is 1. The Bertz CT molecular complexity index is 959. The molecule has 3 rings (SSSR count). The van der Waals surface area contributed by atoms with Crippen LogP contribution < -0.4 is 13.8 Å². The molecule has 10 heteroatoms. The van der Waals surface area contributed by atoms with Crippen LogP contribution in [0.2, 0.25) is 10.0 Å². The Hall–Kier alpha value is -2.16. The van der Waals surface area contributed by atoms with E-state index in [1.54, 1.807) is 0 Å². The second-order valence-corrected chi connectivity index (χ2v) is 8.26. The largest absolute Gasteiger partial charge is 0.486 e. The molecule has 7 nitrogen and oxygen atoms in total. The lowest BCUT2D eigenvalue weighted by Crippen LogP contribution is -2.36. The van der Waals surface area contributed by atoms with Crippen LogP contribution in [0, 0.1) is 0 Å². The monoisotopic (exact) mass is 431 g/mol. The van der Waals surface area contributed by atoms with Gasteiger partial charge in [0.2, 0.25) is 0 Å². The second kappa shape index (κ2) is 7.84. The Balaban J connectivity index is 2.08. The summed E-state index contributed by atoms with van der Waals surface area (Å²) in [7, 11) is -2.98. The Morgan fingerprint density at radius 3 is 2.33 bits per heavy atom. The number of nitrogens with zero attached hydrogens (tertiary/aromatic N) is 1. The van der Waals surface area contributed by atoms with Crippen LogP contribution >= 0.6 is 23.2 Å². The van der Waals surface area contributed by atoms with Crippen molar-refractivity contribution in [2.75, 3.05) is 31.2 Å². The molecule has 0 unspecified atom stereocenters. The molecule has 27 heavy (non-hydrogen) atoms. The van der Waals surface area contributed by atoms with Crippen LogP contribution in [0.5, 0.6) is 11.5 Å². The highest BCUT2D eigenvalue weighted by atomic mass is 35.5. The zero-order valence-electron chi connectivity index (χ0n) is 14.1. The SMILES string of the molecule is COC(=O)CN(c1cc(Cl)cc(Cl)c1)S(=O)(=O)c1ccc2c(c1)OCCO2. The summed E-state index contributed by atoms with van der Waals surface area (Å²) in [6, 6.07) is 8.47. The first-order chi connectivity index (χ1) is 12.8. The molecule has 1 heterocycles. The number of rotatable bonds is 5. The van der Waals surface area contributed by atoms with Crippen LogP contribution in [0.25, 0.3) is 0 Å². The minimum absolute atomic E-state index is 0.0771. The van der Waals surface area contributed by atoms with Crippen molar-refractivity contribution in [3.05, 3.63) is 46.4 Å². The fourth-order valence-electron chi connectivity index (χ4n) is 2.49. The normalized spacial score (nSPS) is 13.1. The van der Waals surface area contributed by atoms with Gasteiger partial charge in [-0.3, -0.25) is 9.10 Å². The maximum absolute atomic E-state index is 13.2. The Morgan fingerprint density at radius 1 is 1.07 bits per heavy atom. The molecule has 0 amide bonds. The third kappa shape index (κ3) is 4.23. The minimum Gasteiger partial charge on any atom is -0.486 e. The average molecular weight is 432 g/mol. The molecule has 0 N–H and O–H groups in total. The van der Waals surface area contributed by atoms with Gasteiger partial charge in [-0.2, -0.15) is 0 Å². The number of fused-ring (bicyclic) bond motifs is 1. The topological polar surface area (TPSA) is 82.1 Å². The summed E-state index contributed by atoms with van der Waals surface area (Å²) in [5, 5.41) is 0.453. The summed E-state index contributed by atoms with van der Waals surface area (Å²) in [5.74, 6) is 0.0159. The van der Waals surface area contributed by atoms with Gasteiger partial charge in [-0.05, 0) is 30.3 Å². The molecule has 1 aliphatic heterocycles. The lowest BCUT2D eigenvalue weighted by Gasteiger charge is -2.25. The van der Waals surface area contributed by atoms with Crippen LogP contribution in [-0.4, -0.2) is 41.3 Å². The van der Waals surface area contributed by atoms with Gasteiger partial charge in [-0.1, -0.05) is 23.2 Å². The number of carbonyl (C=O) groups excluding carboxylic acids is 1. The molecule has 0 bridgehead atoms. The maximum Gasteiger partial charge on any atom is 0.326 e. The zero-order chi connectivity index (χ0) is 19.6. The van der Waals surface area contributed by atoms with E-state index < -0.39 is 22.5 Å². The molecular weight excluding hydrogens is 417 g/mol. The zero-order valence-corrected chi connectivity index (χ0v) is 16.5. The van der Waals surface area contributed by atoms with Crippen LogP contribution in [0.3, 0.4) is 0 Å². The van der Waals surface area contributed by atoms with Gasteiger partial charge in [0.25, 0.3) is 10.0 Å². The average Bonchev–Trinajstić information content (AvgIpc) is 2.64. The van der Waals surface area contributed by atoms with Crippen LogP contribution in [0.1, 0.15) is 0 Å². The summed E-state index contributed by atoms with van der Waals surface area (Å²) in [6.07, 6.45) is 0. The van der Waals surface area contributed by atoms with Crippen molar-refractivity contribution in [3.63, 3.8) is 0 Å². The van der Waals surface area contributed by atoms with Crippen LogP contribution in [0.4, 0.5) is 5.69 Å². The Labute approximate surface area is 166 Å². The lowest BCUT2D eigenvalue weighted by molar-refractivity contribution is -0.138. The van der Waals surface area contributed by atoms with Crippen molar-refractivity contribution in [1.82, 2.24) is 0 Å². The van der Waals surface area contributed by atoms with Gasteiger partial charge in [0.05, 0.1) is 17.7 Å². The maximum atomic E-state index is 13.2. The van der Waals surface area contributed by atoms with E-state index in [0.717, 1.165) is 4.31 Å². The van der Waals surface area contributed by atoms with E-state index in [1.165, 1.54) is 43.5 Å². The third-order valence-corrected chi connectivity index (χ3v) is 5.94. The van der Waals surface area contributed by atoms with Gasteiger partial charge in [-0.25, -0.2) is 8.42 Å². The first kappa shape index (κ1) is 19.6. The summed E-state index contributed by atoms with van der Waals surface area (Å²) >= 11 is 12.0. The number of halogens is 2. The Kier molecular flexibility index (Phi) is 5.69. The van der Waals surface area contributed by atoms with E-state index >= 15 is 0 Å². The smallest absolute Gasteiger partial charge is 0.326 e. The predicted molar refractivity (Wildman–Crippen MR) is 100 cm³/mol. The van der Waals surface area contributed by atoms with Crippen molar-refractivity contribution in [3.8, 4) is 11.5 Å². The summed E-state index contributed by atoms with van der Waals surface area (Å²) < 4.78 is 42.8. The summed E-state index contributed by atoms with van der Waals surface area (Å²) in [5.41, 5.74) is 0.132. The van der Waals surface area contributed by atoms with E-state index in [2.05, 4.69) is 4.74 Å². The molecule has 2 aromatic carbocycles. The molecule has 144 valence electrons. The van der Waals surface area contributed by atoms with Gasteiger partial charge in [0.1, 0.15) is 19.8 Å². The van der Waals surface area contributed by atoms with Gasteiger partial charge < -0.3 is 14.2 Å². The highest BCUT2D eigenvalue weighted by Crippen LogP contribution is 2.35. The van der Waals surface area contributed by atoms with Crippen molar-refractivity contribution in [2.45, 2.75) is 4.90 Å². The summed E-state index contributed by atoms with van der Waals surface area (Å²) in [4.78, 5) is 11.8. The highest BCUT2D eigenvalue weighted by molar-refractivity contribution is 7.92. The number of ether oxygens (including phenoxy) is 3. The van der Waals surface area contributed by atoms with Crippen LogP contribution in [-0.2, 0) is 19.6 Å². The van der Waals surface area contributed by atoms with Gasteiger partial charge >= 0.3 is 5.97 Å². The molecule has 0 aliphatic carbocycles. The van der Waals surface area contributed by atoms with E-state index in [-0.39, 0.29) is 20.6 Å². The molecule has 0 radical (unpaired) electrons. The quantitative estimate of drug-likeness (QED) is 0.676. The number of carbonyl (C=O) groups is 1. The van der Waals surface area contributed by atoms with Crippen molar-refractivity contribution in [2.24, 2.45) is 0 Å². The molecule has 2 aromatic rings. The van der Waals surface area contributed by atoms with E-state index in [0.29, 0.717) is 24.7 Å². The van der Waals surface area contributed by atoms with Crippen molar-refractivity contribution < 1.29 is 27.4 Å². The van der Waals surface area contributed by atoms with Gasteiger partial charge in [-0.15, -0.1) is 0 Å². The van der Waals surface area contributed by atoms with Gasteiger partial charge in [0.15, 0.2) is 11.5 Å². The molecule has 1 aliphatic rings. The van der Waals surface area contributed by atoms with Crippen LogP contribution in [0.15, 0.2) is 41.3 Å². The number of esters is 1. The van der Waals surface area contributed by atoms with Crippen molar-refractivity contribution >= 4 is 44.9 Å². The molecule has 0 saturated carbocycles. The number of benzene rings is 2. The molecule has 0 atom stereocenters. The third-order valence-electron chi connectivity index (χ3n) is 3.74. The standard InChI is InChI=1S/C17H15Cl2NO6S/c1-24-17(21)10-20(13-7-11(18)6-12(19)8-13)27(22,23)14-2-3-15-16(9-14)26-5-4-25-15/h2-3,6-9H,4-5,10H2,1H3. The lowest BCUT2D eigenvalue weighted by atomic mass is 10.3. The predicted octanol–water partition coefficient (Wildman–Crippen LogP) is 3.13. The molecule has 0 saturated heterocycles. The molecular formula is C17H15Cl2NO6S. The molecule has 0 fully saturated rings. The molecule has 0 spiro atoms. The number of anilines is 1. The first-order valence-corrected chi connectivity index (χ1v) is 9.96. The molecule has 0 aromatic heterocycles. The first-order valence-electron chi connectivity index (χ1n) is 7.76. The summed E-state index contributed by atoms with van der Waals surface area (Å²) in [6.45, 7) is 0.144.